The Hall–Kier alpha value is -1.22. The van der Waals surface area contributed by atoms with Gasteiger partial charge in [-0.2, -0.15) is 0 Å². The number of ether oxygens (including phenoxy) is 2. The molecule has 0 atom stereocenters. The average Bonchev–Trinajstić information content (AvgIpc) is 2.20. The molecule has 0 amide bonds. The van der Waals surface area contributed by atoms with Gasteiger partial charge in [0.1, 0.15) is 5.75 Å². The fraction of sp³-hybridized carbons (Fsp3) is 0.500. The van der Waals surface area contributed by atoms with Crippen LogP contribution in [-0.2, 0) is 4.74 Å². The lowest BCUT2D eigenvalue weighted by atomic mass is 10.1. The van der Waals surface area contributed by atoms with Crippen molar-refractivity contribution in [3.8, 4) is 5.75 Å². The highest BCUT2D eigenvalue weighted by molar-refractivity contribution is 5.63. The van der Waals surface area contributed by atoms with Crippen molar-refractivity contribution in [1.29, 1.82) is 0 Å². The zero-order valence-electron chi connectivity index (χ0n) is 9.89. The first-order chi connectivity index (χ1) is 7.19. The van der Waals surface area contributed by atoms with Gasteiger partial charge < -0.3 is 14.8 Å². The molecular formula is C12H19NO2. The molecule has 1 aromatic rings. The van der Waals surface area contributed by atoms with Gasteiger partial charge in [0.15, 0.2) is 0 Å². The Morgan fingerprint density at radius 2 is 1.93 bits per heavy atom. The first-order valence-corrected chi connectivity index (χ1v) is 5.07. The lowest BCUT2D eigenvalue weighted by Gasteiger charge is -2.14. The van der Waals surface area contributed by atoms with Crippen molar-refractivity contribution in [1.82, 2.24) is 0 Å². The van der Waals surface area contributed by atoms with E-state index >= 15 is 0 Å². The Kier molecular flexibility index (Phi) is 4.43. The van der Waals surface area contributed by atoms with Gasteiger partial charge in [-0.15, -0.1) is 0 Å². The summed E-state index contributed by atoms with van der Waals surface area (Å²) in [4.78, 5) is 0. The lowest BCUT2D eigenvalue weighted by Crippen LogP contribution is -2.09. The molecule has 0 saturated carbocycles. The molecule has 0 radical (unpaired) electrons. The zero-order valence-corrected chi connectivity index (χ0v) is 9.89. The fourth-order valence-corrected chi connectivity index (χ4v) is 1.59. The number of rotatable bonds is 5. The molecule has 1 N–H and O–H groups in total. The summed E-state index contributed by atoms with van der Waals surface area (Å²) in [7, 11) is 3.39. The molecular weight excluding hydrogens is 190 g/mol. The van der Waals surface area contributed by atoms with E-state index in [1.807, 2.05) is 6.07 Å². The maximum Gasteiger partial charge on any atom is 0.142 e. The van der Waals surface area contributed by atoms with Crippen LogP contribution >= 0.6 is 0 Å². The van der Waals surface area contributed by atoms with Crippen molar-refractivity contribution in [3.63, 3.8) is 0 Å². The van der Waals surface area contributed by atoms with Crippen LogP contribution in [0.5, 0.6) is 5.75 Å². The van der Waals surface area contributed by atoms with Gasteiger partial charge in [-0.05, 0) is 31.0 Å². The van der Waals surface area contributed by atoms with E-state index in [2.05, 4.69) is 25.2 Å². The van der Waals surface area contributed by atoms with Gasteiger partial charge in [0, 0.05) is 13.7 Å². The van der Waals surface area contributed by atoms with Crippen LogP contribution in [0.2, 0.25) is 0 Å². The minimum atomic E-state index is 0.691. The molecule has 0 heterocycles. The third kappa shape index (κ3) is 3.13. The van der Waals surface area contributed by atoms with Crippen LogP contribution in [0, 0.1) is 13.8 Å². The molecule has 0 unspecified atom stereocenters. The molecule has 0 aliphatic carbocycles. The molecule has 0 spiro atoms. The van der Waals surface area contributed by atoms with Gasteiger partial charge >= 0.3 is 0 Å². The molecule has 0 aromatic heterocycles. The van der Waals surface area contributed by atoms with Crippen LogP contribution in [0.25, 0.3) is 0 Å². The quantitative estimate of drug-likeness (QED) is 0.755. The zero-order chi connectivity index (χ0) is 11.3. The molecule has 84 valence electrons. The molecule has 15 heavy (non-hydrogen) atoms. The molecule has 0 fully saturated rings. The maximum absolute atomic E-state index is 5.33. The van der Waals surface area contributed by atoms with E-state index in [9.17, 15) is 0 Å². The van der Waals surface area contributed by atoms with E-state index in [-0.39, 0.29) is 0 Å². The summed E-state index contributed by atoms with van der Waals surface area (Å²) in [5, 5.41) is 3.31. The van der Waals surface area contributed by atoms with Crippen molar-refractivity contribution in [3.05, 3.63) is 23.3 Å². The number of anilines is 1. The minimum absolute atomic E-state index is 0.691. The molecule has 0 saturated heterocycles. The molecule has 3 heteroatoms. The fourth-order valence-electron chi connectivity index (χ4n) is 1.59. The van der Waals surface area contributed by atoms with Crippen molar-refractivity contribution in [2.75, 3.05) is 32.7 Å². The second-order valence-electron chi connectivity index (χ2n) is 3.58. The summed E-state index contributed by atoms with van der Waals surface area (Å²) in [5.41, 5.74) is 3.46. The molecule has 1 rings (SSSR count). The van der Waals surface area contributed by atoms with E-state index in [0.717, 1.165) is 18.0 Å². The van der Waals surface area contributed by atoms with Crippen molar-refractivity contribution in [2.45, 2.75) is 13.8 Å². The van der Waals surface area contributed by atoms with Crippen LogP contribution in [-0.4, -0.2) is 27.4 Å². The van der Waals surface area contributed by atoms with Gasteiger partial charge in [-0.25, -0.2) is 0 Å². The third-order valence-corrected chi connectivity index (χ3v) is 2.27. The number of aryl methyl sites for hydroxylation is 2. The van der Waals surface area contributed by atoms with Crippen molar-refractivity contribution >= 4 is 5.69 Å². The summed E-state index contributed by atoms with van der Waals surface area (Å²) < 4.78 is 10.3. The van der Waals surface area contributed by atoms with Gasteiger partial charge in [0.05, 0.1) is 19.4 Å². The molecule has 0 aliphatic rings. The predicted molar refractivity (Wildman–Crippen MR) is 62.8 cm³/mol. The maximum atomic E-state index is 5.33. The van der Waals surface area contributed by atoms with Gasteiger partial charge in [0.25, 0.3) is 0 Å². The van der Waals surface area contributed by atoms with Crippen LogP contribution in [0.4, 0.5) is 5.69 Å². The molecule has 0 aliphatic heterocycles. The Morgan fingerprint density at radius 3 is 2.53 bits per heavy atom. The van der Waals surface area contributed by atoms with E-state index in [1.54, 1.807) is 14.2 Å². The molecule has 0 bridgehead atoms. The summed E-state index contributed by atoms with van der Waals surface area (Å²) in [5.74, 6) is 0.892. The van der Waals surface area contributed by atoms with E-state index < -0.39 is 0 Å². The second kappa shape index (κ2) is 5.61. The first-order valence-electron chi connectivity index (χ1n) is 5.07. The summed E-state index contributed by atoms with van der Waals surface area (Å²) in [6, 6.07) is 4.17. The summed E-state index contributed by atoms with van der Waals surface area (Å²) in [6.07, 6.45) is 0. The monoisotopic (exact) mass is 209 g/mol. The van der Waals surface area contributed by atoms with Crippen LogP contribution < -0.4 is 10.1 Å². The highest BCUT2D eigenvalue weighted by Crippen LogP contribution is 2.29. The largest absolute Gasteiger partial charge is 0.495 e. The van der Waals surface area contributed by atoms with Gasteiger partial charge in [-0.3, -0.25) is 0 Å². The first kappa shape index (κ1) is 11.9. The average molecular weight is 209 g/mol. The molecule has 1 aromatic carbocycles. The number of hydrogen-bond acceptors (Lipinski definition) is 3. The Bertz CT molecular complexity index is 324. The standard InChI is InChI=1S/C12H19NO2/c1-9-7-10(2)12(11(8-9)15-4)13-5-6-14-3/h7-8,13H,5-6H2,1-4H3. The summed E-state index contributed by atoms with van der Waals surface area (Å²) in [6.45, 7) is 5.62. The highest BCUT2D eigenvalue weighted by atomic mass is 16.5. The van der Waals surface area contributed by atoms with E-state index in [1.165, 1.54) is 11.1 Å². The predicted octanol–water partition coefficient (Wildman–Crippen LogP) is 2.37. The Morgan fingerprint density at radius 1 is 1.20 bits per heavy atom. The number of hydrogen-bond donors (Lipinski definition) is 1. The lowest BCUT2D eigenvalue weighted by molar-refractivity contribution is 0.210. The van der Waals surface area contributed by atoms with Crippen LogP contribution in [0.3, 0.4) is 0 Å². The van der Waals surface area contributed by atoms with Crippen LogP contribution in [0.15, 0.2) is 12.1 Å². The van der Waals surface area contributed by atoms with Crippen molar-refractivity contribution < 1.29 is 9.47 Å². The SMILES string of the molecule is COCCNc1c(C)cc(C)cc1OC. The van der Waals surface area contributed by atoms with Gasteiger partial charge in [0.2, 0.25) is 0 Å². The summed E-state index contributed by atoms with van der Waals surface area (Å²) >= 11 is 0. The Balaban J connectivity index is 2.84. The smallest absolute Gasteiger partial charge is 0.142 e. The Labute approximate surface area is 91.4 Å². The van der Waals surface area contributed by atoms with Crippen molar-refractivity contribution in [2.24, 2.45) is 0 Å². The minimum Gasteiger partial charge on any atom is -0.495 e. The van der Waals surface area contributed by atoms with E-state index in [4.69, 9.17) is 9.47 Å². The number of benzene rings is 1. The second-order valence-corrected chi connectivity index (χ2v) is 3.58. The highest BCUT2D eigenvalue weighted by Gasteiger charge is 2.06. The molecule has 3 nitrogen and oxygen atoms in total. The number of nitrogens with one attached hydrogen (secondary N) is 1. The topological polar surface area (TPSA) is 30.5 Å². The van der Waals surface area contributed by atoms with Gasteiger partial charge in [-0.1, -0.05) is 6.07 Å². The van der Waals surface area contributed by atoms with E-state index in [0.29, 0.717) is 6.61 Å². The van der Waals surface area contributed by atoms with Crippen LogP contribution in [0.1, 0.15) is 11.1 Å². The number of methoxy groups -OCH3 is 2. The third-order valence-electron chi connectivity index (χ3n) is 2.27. The normalized spacial score (nSPS) is 10.1.